The van der Waals surface area contributed by atoms with Gasteiger partial charge < -0.3 is 5.73 Å². The van der Waals surface area contributed by atoms with Gasteiger partial charge in [-0.15, -0.1) is 0 Å². The van der Waals surface area contributed by atoms with Crippen LogP contribution in [-0.4, -0.2) is 5.54 Å². The van der Waals surface area contributed by atoms with Crippen molar-refractivity contribution in [1.29, 1.82) is 0 Å². The lowest BCUT2D eigenvalue weighted by Gasteiger charge is -2.41. The van der Waals surface area contributed by atoms with E-state index in [1.54, 1.807) is 0 Å². The van der Waals surface area contributed by atoms with E-state index in [-0.39, 0.29) is 5.54 Å². The Labute approximate surface area is 112 Å². The second kappa shape index (κ2) is 5.44. The van der Waals surface area contributed by atoms with Crippen LogP contribution < -0.4 is 5.73 Å². The molecule has 0 aromatic heterocycles. The highest BCUT2D eigenvalue weighted by Gasteiger charge is 2.35. The van der Waals surface area contributed by atoms with Gasteiger partial charge in [-0.1, -0.05) is 55.5 Å². The van der Waals surface area contributed by atoms with E-state index in [1.807, 2.05) is 0 Å². The summed E-state index contributed by atoms with van der Waals surface area (Å²) in [6.07, 6.45) is 7.45. The van der Waals surface area contributed by atoms with Crippen LogP contribution in [0.5, 0.6) is 0 Å². The Kier molecular flexibility index (Phi) is 4.11. The normalized spacial score (nSPS) is 28.3. The maximum absolute atomic E-state index is 6.75. The minimum Gasteiger partial charge on any atom is -0.325 e. The average Bonchev–Trinajstić information content (AvgIpc) is 2.27. The zero-order chi connectivity index (χ0) is 13.2. The molecule has 0 saturated heterocycles. The molecule has 1 fully saturated rings. The SMILES string of the molecule is CCC1CCCCC1(N)Cc1cc(C)cc(C)c1. The highest BCUT2D eigenvalue weighted by Crippen LogP contribution is 2.36. The van der Waals surface area contributed by atoms with Crippen molar-refractivity contribution in [3.05, 3.63) is 34.9 Å². The molecule has 0 radical (unpaired) electrons. The van der Waals surface area contributed by atoms with E-state index in [1.165, 1.54) is 48.8 Å². The van der Waals surface area contributed by atoms with Gasteiger partial charge in [0, 0.05) is 5.54 Å². The molecule has 100 valence electrons. The van der Waals surface area contributed by atoms with Gasteiger partial charge in [-0.2, -0.15) is 0 Å². The van der Waals surface area contributed by atoms with E-state index in [4.69, 9.17) is 5.73 Å². The molecule has 1 heteroatoms. The summed E-state index contributed by atoms with van der Waals surface area (Å²) in [4.78, 5) is 0. The fourth-order valence-corrected chi connectivity index (χ4v) is 3.73. The van der Waals surface area contributed by atoms with Crippen LogP contribution in [-0.2, 0) is 6.42 Å². The Morgan fingerprint density at radius 2 is 1.83 bits per heavy atom. The molecule has 18 heavy (non-hydrogen) atoms. The standard InChI is InChI=1S/C17H27N/c1-4-16-7-5-6-8-17(16,18)12-15-10-13(2)9-14(3)11-15/h9-11,16H,4-8,12,18H2,1-3H3. The molecule has 1 aromatic rings. The maximum atomic E-state index is 6.75. The lowest BCUT2D eigenvalue weighted by Crippen LogP contribution is -2.50. The molecular formula is C17H27N. The van der Waals surface area contributed by atoms with E-state index in [0.717, 1.165) is 6.42 Å². The van der Waals surface area contributed by atoms with Crippen LogP contribution in [0.2, 0.25) is 0 Å². The number of rotatable bonds is 3. The smallest absolute Gasteiger partial charge is 0.0223 e. The van der Waals surface area contributed by atoms with E-state index in [0.29, 0.717) is 5.92 Å². The second-order valence-electron chi connectivity index (χ2n) is 6.26. The Morgan fingerprint density at radius 3 is 2.44 bits per heavy atom. The first-order chi connectivity index (χ1) is 8.53. The summed E-state index contributed by atoms with van der Waals surface area (Å²) in [5.41, 5.74) is 10.9. The zero-order valence-electron chi connectivity index (χ0n) is 12.1. The predicted octanol–water partition coefficient (Wildman–Crippen LogP) is 4.14. The van der Waals surface area contributed by atoms with Gasteiger partial charge in [-0.3, -0.25) is 0 Å². The Bertz CT molecular complexity index is 390. The number of benzene rings is 1. The topological polar surface area (TPSA) is 26.0 Å². The van der Waals surface area contributed by atoms with Crippen LogP contribution in [0, 0.1) is 19.8 Å². The Balaban J connectivity index is 2.19. The quantitative estimate of drug-likeness (QED) is 0.851. The van der Waals surface area contributed by atoms with Gasteiger partial charge in [0.1, 0.15) is 0 Å². The van der Waals surface area contributed by atoms with Gasteiger partial charge in [0.05, 0.1) is 0 Å². The molecule has 0 spiro atoms. The van der Waals surface area contributed by atoms with Gasteiger partial charge in [-0.25, -0.2) is 0 Å². The van der Waals surface area contributed by atoms with Crippen LogP contribution in [0.1, 0.15) is 55.7 Å². The molecule has 2 N–H and O–H groups in total. The molecule has 2 atom stereocenters. The van der Waals surface area contributed by atoms with E-state index < -0.39 is 0 Å². The van der Waals surface area contributed by atoms with Crippen molar-refractivity contribution in [2.45, 2.75) is 64.8 Å². The molecule has 0 bridgehead atoms. The van der Waals surface area contributed by atoms with E-state index >= 15 is 0 Å². The predicted molar refractivity (Wildman–Crippen MR) is 78.8 cm³/mol. The van der Waals surface area contributed by atoms with Crippen LogP contribution in [0.3, 0.4) is 0 Å². The molecule has 1 nitrogen and oxygen atoms in total. The molecule has 1 aliphatic carbocycles. The molecule has 2 rings (SSSR count). The average molecular weight is 245 g/mol. The minimum atomic E-state index is 0.0350. The van der Waals surface area contributed by atoms with Crippen molar-refractivity contribution in [1.82, 2.24) is 0 Å². The van der Waals surface area contributed by atoms with Crippen LogP contribution in [0.25, 0.3) is 0 Å². The lowest BCUT2D eigenvalue weighted by atomic mass is 9.69. The summed E-state index contributed by atoms with van der Waals surface area (Å²) >= 11 is 0. The second-order valence-corrected chi connectivity index (χ2v) is 6.26. The molecule has 1 aromatic carbocycles. The summed E-state index contributed by atoms with van der Waals surface area (Å²) in [6.45, 7) is 6.65. The van der Waals surface area contributed by atoms with Crippen molar-refractivity contribution >= 4 is 0 Å². The molecule has 0 amide bonds. The molecule has 1 saturated carbocycles. The third kappa shape index (κ3) is 2.95. The summed E-state index contributed by atoms with van der Waals surface area (Å²) in [6, 6.07) is 6.86. The third-order valence-electron chi connectivity index (χ3n) is 4.57. The molecule has 2 unspecified atom stereocenters. The Hall–Kier alpha value is -0.820. The van der Waals surface area contributed by atoms with Crippen molar-refractivity contribution in [2.75, 3.05) is 0 Å². The summed E-state index contributed by atoms with van der Waals surface area (Å²) < 4.78 is 0. The molecule has 1 aliphatic rings. The maximum Gasteiger partial charge on any atom is 0.0223 e. The van der Waals surface area contributed by atoms with Gasteiger partial charge in [0.2, 0.25) is 0 Å². The number of hydrogen-bond acceptors (Lipinski definition) is 1. The summed E-state index contributed by atoms with van der Waals surface area (Å²) in [5.74, 6) is 0.701. The zero-order valence-corrected chi connectivity index (χ0v) is 12.1. The van der Waals surface area contributed by atoms with Gasteiger partial charge in [-0.05, 0) is 44.6 Å². The highest BCUT2D eigenvalue weighted by atomic mass is 14.8. The largest absolute Gasteiger partial charge is 0.325 e. The number of hydrogen-bond donors (Lipinski definition) is 1. The van der Waals surface area contributed by atoms with Crippen LogP contribution in [0.15, 0.2) is 18.2 Å². The van der Waals surface area contributed by atoms with Crippen molar-refractivity contribution in [3.8, 4) is 0 Å². The van der Waals surface area contributed by atoms with E-state index in [9.17, 15) is 0 Å². The van der Waals surface area contributed by atoms with Gasteiger partial charge in [0.25, 0.3) is 0 Å². The number of aryl methyl sites for hydroxylation is 2. The van der Waals surface area contributed by atoms with E-state index in [2.05, 4.69) is 39.0 Å². The molecular weight excluding hydrogens is 218 g/mol. The first-order valence-electron chi connectivity index (χ1n) is 7.39. The van der Waals surface area contributed by atoms with Crippen molar-refractivity contribution in [2.24, 2.45) is 11.7 Å². The summed E-state index contributed by atoms with van der Waals surface area (Å²) in [5, 5.41) is 0. The fourth-order valence-electron chi connectivity index (χ4n) is 3.73. The molecule has 0 aliphatic heterocycles. The first kappa shape index (κ1) is 13.6. The number of nitrogens with two attached hydrogens (primary N) is 1. The van der Waals surface area contributed by atoms with Crippen molar-refractivity contribution in [3.63, 3.8) is 0 Å². The highest BCUT2D eigenvalue weighted by molar-refractivity contribution is 5.30. The van der Waals surface area contributed by atoms with Gasteiger partial charge >= 0.3 is 0 Å². The summed E-state index contributed by atoms with van der Waals surface area (Å²) in [7, 11) is 0. The van der Waals surface area contributed by atoms with Crippen LogP contribution in [0.4, 0.5) is 0 Å². The monoisotopic (exact) mass is 245 g/mol. The fraction of sp³-hybridized carbons (Fsp3) is 0.647. The minimum absolute atomic E-state index is 0.0350. The third-order valence-corrected chi connectivity index (χ3v) is 4.57. The van der Waals surface area contributed by atoms with Crippen LogP contribution >= 0.6 is 0 Å². The Morgan fingerprint density at radius 1 is 1.17 bits per heavy atom. The molecule has 0 heterocycles. The first-order valence-corrected chi connectivity index (χ1v) is 7.39. The van der Waals surface area contributed by atoms with Gasteiger partial charge in [0.15, 0.2) is 0 Å². The lowest BCUT2D eigenvalue weighted by molar-refractivity contribution is 0.182. The van der Waals surface area contributed by atoms with Crippen molar-refractivity contribution < 1.29 is 0 Å².